The van der Waals surface area contributed by atoms with Crippen LogP contribution in [0.1, 0.15) is 40.5 Å². The minimum absolute atomic E-state index is 0.00342. The van der Waals surface area contributed by atoms with Gasteiger partial charge in [-0.15, -0.1) is 0 Å². The molecule has 0 aliphatic carbocycles. The number of nitrogens with one attached hydrogen (secondary N) is 2. The second-order valence-electron chi connectivity index (χ2n) is 6.02. The highest BCUT2D eigenvalue weighted by atomic mass is 16.3. The Bertz CT molecular complexity index is 264. The second kappa shape index (κ2) is 5.83. The summed E-state index contributed by atoms with van der Waals surface area (Å²) in [6.07, 6.45) is 2.17. The molecule has 1 aliphatic rings. The van der Waals surface area contributed by atoms with Crippen molar-refractivity contribution in [1.82, 2.24) is 10.6 Å². The van der Waals surface area contributed by atoms with Gasteiger partial charge in [0.2, 0.25) is 5.91 Å². The Kier molecular flexibility index (Phi) is 4.95. The lowest BCUT2D eigenvalue weighted by Gasteiger charge is -2.39. The average molecular weight is 242 g/mol. The quantitative estimate of drug-likeness (QED) is 0.686. The molecule has 3 N–H and O–H groups in total. The maximum atomic E-state index is 12.2. The summed E-state index contributed by atoms with van der Waals surface area (Å²) in [5.41, 5.74) is -0.0146. The summed E-state index contributed by atoms with van der Waals surface area (Å²) in [5.74, 6) is 0.262. The van der Waals surface area contributed by atoms with Crippen LogP contribution in [0.4, 0.5) is 0 Å². The number of hydrogen-bond acceptors (Lipinski definition) is 3. The predicted molar refractivity (Wildman–Crippen MR) is 68.7 cm³/mol. The van der Waals surface area contributed by atoms with Crippen molar-refractivity contribution in [3.63, 3.8) is 0 Å². The highest BCUT2D eigenvalue weighted by Gasteiger charge is 2.37. The molecule has 1 unspecified atom stereocenters. The normalized spacial score (nSPS) is 25.6. The third-order valence-electron chi connectivity index (χ3n) is 3.72. The lowest BCUT2D eigenvalue weighted by atomic mass is 9.77. The van der Waals surface area contributed by atoms with E-state index in [1.807, 2.05) is 13.8 Å². The van der Waals surface area contributed by atoms with Gasteiger partial charge in [-0.25, -0.2) is 0 Å². The Labute approximate surface area is 104 Å². The fourth-order valence-electron chi connectivity index (χ4n) is 2.35. The first-order valence-electron chi connectivity index (χ1n) is 6.53. The van der Waals surface area contributed by atoms with E-state index in [9.17, 15) is 9.90 Å². The van der Waals surface area contributed by atoms with Gasteiger partial charge in [0.15, 0.2) is 0 Å². The van der Waals surface area contributed by atoms with Crippen molar-refractivity contribution in [2.45, 2.75) is 52.6 Å². The van der Waals surface area contributed by atoms with Gasteiger partial charge in [-0.2, -0.15) is 0 Å². The molecule has 0 bridgehead atoms. The standard InChI is InChI=1S/C13H26N2O2/c1-9(2)10(8-16)15-12(17)11-13(3,4)6-5-7-14-11/h9-11,14,16H,5-8H2,1-4H3,(H,15,17)/t10-,11?/m1/s1. The summed E-state index contributed by atoms with van der Waals surface area (Å²) in [6, 6.07) is -0.300. The van der Waals surface area contributed by atoms with Crippen molar-refractivity contribution < 1.29 is 9.90 Å². The maximum Gasteiger partial charge on any atom is 0.237 e. The fraction of sp³-hybridized carbons (Fsp3) is 0.923. The molecule has 0 aromatic heterocycles. The van der Waals surface area contributed by atoms with Gasteiger partial charge in [0.05, 0.1) is 18.7 Å². The van der Waals surface area contributed by atoms with E-state index in [0.717, 1.165) is 19.4 Å². The summed E-state index contributed by atoms with van der Waals surface area (Å²) >= 11 is 0. The molecule has 0 aromatic rings. The summed E-state index contributed by atoms with van der Waals surface area (Å²) in [7, 11) is 0. The molecule has 1 heterocycles. The van der Waals surface area contributed by atoms with Crippen molar-refractivity contribution in [2.75, 3.05) is 13.2 Å². The van der Waals surface area contributed by atoms with E-state index in [-0.39, 0.29) is 35.9 Å². The van der Waals surface area contributed by atoms with Crippen LogP contribution in [0, 0.1) is 11.3 Å². The number of carbonyl (C=O) groups excluding carboxylic acids is 1. The predicted octanol–water partition coefficient (Wildman–Crippen LogP) is 0.898. The zero-order valence-electron chi connectivity index (χ0n) is 11.4. The Morgan fingerprint density at radius 3 is 2.65 bits per heavy atom. The fourth-order valence-corrected chi connectivity index (χ4v) is 2.35. The summed E-state index contributed by atoms with van der Waals surface area (Å²) < 4.78 is 0. The van der Waals surface area contributed by atoms with Gasteiger partial charge in [0, 0.05) is 0 Å². The molecule has 17 heavy (non-hydrogen) atoms. The topological polar surface area (TPSA) is 61.4 Å². The molecule has 100 valence electrons. The van der Waals surface area contributed by atoms with Crippen LogP contribution in [0.3, 0.4) is 0 Å². The first kappa shape index (κ1) is 14.5. The molecular formula is C13H26N2O2. The zero-order chi connectivity index (χ0) is 13.1. The molecule has 1 fully saturated rings. The molecule has 4 nitrogen and oxygen atoms in total. The number of carbonyl (C=O) groups is 1. The Balaban J connectivity index is 2.62. The van der Waals surface area contributed by atoms with Gasteiger partial charge in [-0.3, -0.25) is 4.79 Å². The molecule has 0 saturated carbocycles. The lowest BCUT2D eigenvalue weighted by Crippen LogP contribution is -2.58. The number of aliphatic hydroxyl groups is 1. The van der Waals surface area contributed by atoms with Crippen molar-refractivity contribution in [1.29, 1.82) is 0 Å². The van der Waals surface area contributed by atoms with E-state index >= 15 is 0 Å². The van der Waals surface area contributed by atoms with E-state index in [1.54, 1.807) is 0 Å². The summed E-state index contributed by atoms with van der Waals surface area (Å²) in [6.45, 7) is 9.13. The van der Waals surface area contributed by atoms with E-state index < -0.39 is 0 Å². The first-order valence-corrected chi connectivity index (χ1v) is 6.53. The third-order valence-corrected chi connectivity index (χ3v) is 3.72. The SMILES string of the molecule is CC(C)[C@@H](CO)NC(=O)C1NCCCC1(C)C. The zero-order valence-corrected chi connectivity index (χ0v) is 11.4. The number of piperidine rings is 1. The molecule has 1 saturated heterocycles. The minimum atomic E-state index is -0.151. The third kappa shape index (κ3) is 3.68. The van der Waals surface area contributed by atoms with Crippen LogP contribution < -0.4 is 10.6 Å². The Hall–Kier alpha value is -0.610. The molecule has 0 radical (unpaired) electrons. The molecule has 0 aromatic carbocycles. The molecule has 1 rings (SSSR count). The van der Waals surface area contributed by atoms with E-state index in [0.29, 0.717) is 0 Å². The highest BCUT2D eigenvalue weighted by Crippen LogP contribution is 2.30. The monoisotopic (exact) mass is 242 g/mol. The molecule has 1 amide bonds. The van der Waals surface area contributed by atoms with Crippen LogP contribution >= 0.6 is 0 Å². The average Bonchev–Trinajstić information content (AvgIpc) is 2.24. The summed E-state index contributed by atoms with van der Waals surface area (Å²) in [5, 5.41) is 15.5. The Morgan fingerprint density at radius 2 is 2.18 bits per heavy atom. The Morgan fingerprint density at radius 1 is 1.53 bits per heavy atom. The number of aliphatic hydroxyl groups excluding tert-OH is 1. The number of amides is 1. The molecule has 4 heteroatoms. The van der Waals surface area contributed by atoms with Crippen molar-refractivity contribution in [2.24, 2.45) is 11.3 Å². The van der Waals surface area contributed by atoms with Crippen LogP contribution in [0.15, 0.2) is 0 Å². The van der Waals surface area contributed by atoms with Gasteiger partial charge in [0.1, 0.15) is 0 Å². The second-order valence-corrected chi connectivity index (χ2v) is 6.02. The maximum absolute atomic E-state index is 12.2. The molecular weight excluding hydrogens is 216 g/mol. The van der Waals surface area contributed by atoms with Gasteiger partial charge in [0.25, 0.3) is 0 Å². The van der Waals surface area contributed by atoms with Crippen LogP contribution in [0.2, 0.25) is 0 Å². The van der Waals surface area contributed by atoms with Crippen LogP contribution in [-0.4, -0.2) is 36.2 Å². The smallest absolute Gasteiger partial charge is 0.237 e. The summed E-state index contributed by atoms with van der Waals surface area (Å²) in [4.78, 5) is 12.2. The van der Waals surface area contributed by atoms with E-state index in [2.05, 4.69) is 24.5 Å². The van der Waals surface area contributed by atoms with Crippen molar-refractivity contribution >= 4 is 5.91 Å². The largest absolute Gasteiger partial charge is 0.394 e. The van der Waals surface area contributed by atoms with Gasteiger partial charge >= 0.3 is 0 Å². The number of rotatable bonds is 4. The highest BCUT2D eigenvalue weighted by molar-refractivity contribution is 5.83. The van der Waals surface area contributed by atoms with Crippen LogP contribution in [0.25, 0.3) is 0 Å². The van der Waals surface area contributed by atoms with E-state index in [4.69, 9.17) is 0 Å². The van der Waals surface area contributed by atoms with Gasteiger partial charge in [-0.05, 0) is 30.7 Å². The van der Waals surface area contributed by atoms with Crippen LogP contribution in [-0.2, 0) is 4.79 Å². The van der Waals surface area contributed by atoms with Gasteiger partial charge in [-0.1, -0.05) is 27.7 Å². The lowest BCUT2D eigenvalue weighted by molar-refractivity contribution is -0.128. The number of hydrogen-bond donors (Lipinski definition) is 3. The molecule has 2 atom stereocenters. The van der Waals surface area contributed by atoms with Crippen LogP contribution in [0.5, 0.6) is 0 Å². The minimum Gasteiger partial charge on any atom is -0.394 e. The van der Waals surface area contributed by atoms with Crippen molar-refractivity contribution in [3.05, 3.63) is 0 Å². The molecule has 1 aliphatic heterocycles. The first-order chi connectivity index (χ1) is 7.88. The molecule has 0 spiro atoms. The van der Waals surface area contributed by atoms with Crippen molar-refractivity contribution in [3.8, 4) is 0 Å². The van der Waals surface area contributed by atoms with E-state index in [1.165, 1.54) is 0 Å². The van der Waals surface area contributed by atoms with Gasteiger partial charge < -0.3 is 15.7 Å².